The van der Waals surface area contributed by atoms with E-state index < -0.39 is 0 Å². The second-order valence-corrected chi connectivity index (χ2v) is 13.6. The molecule has 2 aromatic heterocycles. The van der Waals surface area contributed by atoms with E-state index in [4.69, 9.17) is 0 Å². The molecule has 0 bridgehead atoms. The van der Waals surface area contributed by atoms with Crippen molar-refractivity contribution in [3.63, 3.8) is 0 Å². The van der Waals surface area contributed by atoms with Gasteiger partial charge in [0, 0.05) is 39.0 Å². The van der Waals surface area contributed by atoms with Crippen LogP contribution in [0.1, 0.15) is 91.4 Å². The average Bonchev–Trinajstić information content (AvgIpc) is 3.63. The Morgan fingerprint density at radius 3 is 1.87 bits per heavy atom. The molecule has 0 saturated heterocycles. The van der Waals surface area contributed by atoms with Gasteiger partial charge in [-0.2, -0.15) is 0 Å². The van der Waals surface area contributed by atoms with E-state index in [1.165, 1.54) is 93.4 Å². The van der Waals surface area contributed by atoms with Crippen LogP contribution >= 0.6 is 0 Å². The minimum absolute atomic E-state index is 0.0584. The van der Waals surface area contributed by atoms with Crippen LogP contribution < -0.4 is 0 Å². The van der Waals surface area contributed by atoms with Gasteiger partial charge in [-0.15, -0.1) is 0 Å². The summed E-state index contributed by atoms with van der Waals surface area (Å²) in [6, 6.07) is 36.9. The lowest BCUT2D eigenvalue weighted by atomic mass is 9.65. The molecule has 6 aromatic rings. The van der Waals surface area contributed by atoms with E-state index >= 15 is 0 Å². The van der Waals surface area contributed by atoms with E-state index in [0.29, 0.717) is 5.92 Å². The molecule has 4 aromatic carbocycles. The van der Waals surface area contributed by atoms with Gasteiger partial charge in [-0.25, -0.2) is 0 Å². The lowest BCUT2D eigenvalue weighted by Crippen LogP contribution is -2.30. The minimum Gasteiger partial charge on any atom is -0.313 e. The highest BCUT2D eigenvalue weighted by Crippen LogP contribution is 2.46. The number of fused-ring (bicyclic) bond motifs is 6. The third kappa shape index (κ3) is 4.08. The predicted molar refractivity (Wildman–Crippen MR) is 190 cm³/mol. The van der Waals surface area contributed by atoms with Crippen molar-refractivity contribution in [2.75, 3.05) is 0 Å². The second-order valence-electron chi connectivity index (χ2n) is 13.6. The van der Waals surface area contributed by atoms with Gasteiger partial charge in [-0.1, -0.05) is 105 Å². The molecule has 0 radical (unpaired) electrons. The molecule has 0 aliphatic heterocycles. The predicted octanol–water partition coefficient (Wildman–Crippen LogP) is 11.3. The Hall–Kier alpha value is -4.56. The molecule has 1 fully saturated rings. The highest BCUT2D eigenvalue weighted by atomic mass is 15.0. The van der Waals surface area contributed by atoms with Crippen LogP contribution in [-0.4, -0.2) is 9.13 Å². The molecule has 1 saturated carbocycles. The Morgan fingerprint density at radius 2 is 1.22 bits per heavy atom. The zero-order valence-electron chi connectivity index (χ0n) is 26.2. The number of allylic oxidation sites excluding steroid dienone is 2. The Kier molecular flexibility index (Phi) is 6.27. The molecule has 1 unspecified atom stereocenters. The van der Waals surface area contributed by atoms with Crippen molar-refractivity contribution in [3.05, 3.63) is 143 Å². The molecule has 2 heteroatoms. The van der Waals surface area contributed by atoms with Crippen molar-refractivity contribution in [2.45, 2.75) is 69.6 Å². The van der Waals surface area contributed by atoms with Gasteiger partial charge >= 0.3 is 0 Å². The quantitative estimate of drug-likeness (QED) is 0.195. The van der Waals surface area contributed by atoms with Gasteiger partial charge in [0.1, 0.15) is 0 Å². The largest absolute Gasteiger partial charge is 0.313 e. The summed E-state index contributed by atoms with van der Waals surface area (Å²) in [7, 11) is 0. The Morgan fingerprint density at radius 1 is 0.622 bits per heavy atom. The van der Waals surface area contributed by atoms with E-state index in [9.17, 15) is 0 Å². The third-order valence-electron chi connectivity index (χ3n) is 11.1. The lowest BCUT2D eigenvalue weighted by Gasteiger charge is -2.39. The van der Waals surface area contributed by atoms with Crippen LogP contribution in [0.3, 0.4) is 0 Å². The fourth-order valence-corrected chi connectivity index (χ4v) is 8.97. The van der Waals surface area contributed by atoms with Crippen molar-refractivity contribution in [1.29, 1.82) is 0 Å². The highest BCUT2D eigenvalue weighted by molar-refractivity contribution is 6.09. The first-order chi connectivity index (χ1) is 22.2. The van der Waals surface area contributed by atoms with Gasteiger partial charge in [0.15, 0.2) is 0 Å². The van der Waals surface area contributed by atoms with Gasteiger partial charge in [0.05, 0.1) is 11.0 Å². The SMILES string of the molecule is CC1CC=Cc2c1c1c(n2-c2ccc(C3(c4ccc(-n5c6ccccc6c6ccccc65)cc4)CCCCC3)cc2)CCC=C1. The van der Waals surface area contributed by atoms with Crippen LogP contribution in [0, 0.1) is 0 Å². The number of benzene rings is 4. The van der Waals surface area contributed by atoms with Gasteiger partial charge in [-0.3, -0.25) is 0 Å². The van der Waals surface area contributed by atoms with Crippen LogP contribution in [0.4, 0.5) is 0 Å². The van der Waals surface area contributed by atoms with Crippen LogP contribution in [0.25, 0.3) is 45.3 Å². The molecule has 3 aliphatic carbocycles. The fourth-order valence-electron chi connectivity index (χ4n) is 8.97. The van der Waals surface area contributed by atoms with Gasteiger partial charge in [-0.05, 0) is 103 Å². The van der Waals surface area contributed by atoms with Crippen LogP contribution in [0.15, 0.2) is 109 Å². The molecule has 0 N–H and O–H groups in total. The molecular formula is C43H40N2. The monoisotopic (exact) mass is 584 g/mol. The summed E-state index contributed by atoms with van der Waals surface area (Å²) < 4.78 is 5.00. The van der Waals surface area contributed by atoms with Crippen LogP contribution in [0.5, 0.6) is 0 Å². The number of hydrogen-bond acceptors (Lipinski definition) is 0. The van der Waals surface area contributed by atoms with E-state index in [1.807, 2.05) is 0 Å². The second kappa shape index (κ2) is 10.5. The summed E-state index contributed by atoms with van der Waals surface area (Å²) in [5.41, 5.74) is 14.0. The fraction of sp³-hybridized carbons (Fsp3) is 0.256. The summed E-state index contributed by atoms with van der Waals surface area (Å²) in [6.45, 7) is 2.39. The van der Waals surface area contributed by atoms with E-state index in [0.717, 1.165) is 19.3 Å². The zero-order chi connectivity index (χ0) is 30.0. The summed E-state index contributed by atoms with van der Waals surface area (Å²) in [5.74, 6) is 0.568. The van der Waals surface area contributed by atoms with Crippen molar-refractivity contribution in [3.8, 4) is 11.4 Å². The van der Waals surface area contributed by atoms with Crippen molar-refractivity contribution in [2.24, 2.45) is 0 Å². The molecule has 1 atom stereocenters. The standard InChI is InChI=1S/C43H40N2/c1-30-12-11-19-41-42(30)37-15-5-8-18-40(37)45(41)34-26-22-32(23-27-34)43(28-9-2-10-29-43)31-20-24-33(25-21-31)44-38-16-6-3-13-35(38)36-14-4-7-17-39(36)44/h3-7,11,13-17,19-27,30H,2,8-10,12,18,28-29H2,1H3. The molecule has 45 heavy (non-hydrogen) atoms. The molecule has 2 heterocycles. The van der Waals surface area contributed by atoms with Crippen molar-refractivity contribution >= 4 is 34.0 Å². The number of hydrogen-bond donors (Lipinski definition) is 0. The molecule has 9 rings (SSSR count). The summed E-state index contributed by atoms with van der Waals surface area (Å²) in [6.07, 6.45) is 19.2. The first-order valence-corrected chi connectivity index (χ1v) is 17.0. The minimum atomic E-state index is 0.0584. The Bertz CT molecular complexity index is 2050. The smallest absolute Gasteiger partial charge is 0.0541 e. The molecule has 2 nitrogen and oxygen atoms in total. The zero-order valence-corrected chi connectivity index (χ0v) is 26.2. The lowest BCUT2D eigenvalue weighted by molar-refractivity contribution is 0.346. The maximum absolute atomic E-state index is 2.57. The average molecular weight is 585 g/mol. The topological polar surface area (TPSA) is 9.86 Å². The maximum Gasteiger partial charge on any atom is 0.0541 e. The summed E-state index contributed by atoms with van der Waals surface area (Å²) in [4.78, 5) is 0. The molecular weight excluding hydrogens is 544 g/mol. The van der Waals surface area contributed by atoms with Crippen LogP contribution in [0.2, 0.25) is 0 Å². The highest BCUT2D eigenvalue weighted by Gasteiger charge is 2.36. The first-order valence-electron chi connectivity index (χ1n) is 17.0. The van der Waals surface area contributed by atoms with Gasteiger partial charge in [0.25, 0.3) is 0 Å². The Labute approximate surface area is 266 Å². The summed E-state index contributed by atoms with van der Waals surface area (Å²) in [5, 5.41) is 2.62. The molecule has 0 amide bonds. The van der Waals surface area contributed by atoms with Crippen LogP contribution in [-0.2, 0) is 11.8 Å². The van der Waals surface area contributed by atoms with Crippen molar-refractivity contribution < 1.29 is 0 Å². The number of nitrogens with zero attached hydrogens (tertiary/aromatic N) is 2. The van der Waals surface area contributed by atoms with Crippen molar-refractivity contribution in [1.82, 2.24) is 9.13 Å². The third-order valence-corrected chi connectivity index (χ3v) is 11.1. The van der Waals surface area contributed by atoms with Gasteiger partial charge < -0.3 is 9.13 Å². The summed E-state index contributed by atoms with van der Waals surface area (Å²) >= 11 is 0. The molecule has 222 valence electrons. The number of para-hydroxylation sites is 2. The number of aromatic nitrogens is 2. The number of rotatable bonds is 4. The van der Waals surface area contributed by atoms with E-state index in [1.54, 1.807) is 5.56 Å². The Balaban J connectivity index is 1.12. The van der Waals surface area contributed by atoms with E-state index in [2.05, 4.69) is 137 Å². The maximum atomic E-state index is 2.57. The normalized spacial score (nSPS) is 18.7. The van der Waals surface area contributed by atoms with E-state index in [-0.39, 0.29) is 5.41 Å². The molecule has 3 aliphatic rings. The molecule has 0 spiro atoms. The van der Waals surface area contributed by atoms with Gasteiger partial charge in [0.2, 0.25) is 0 Å². The first kappa shape index (κ1) is 26.8.